The summed E-state index contributed by atoms with van der Waals surface area (Å²) in [6.07, 6.45) is 11.2. The predicted molar refractivity (Wildman–Crippen MR) is 91.4 cm³/mol. The molecule has 6 heteroatoms. The van der Waals surface area contributed by atoms with Crippen LogP contribution in [0.15, 0.2) is 0 Å². The van der Waals surface area contributed by atoms with Gasteiger partial charge >= 0.3 is 0 Å². The van der Waals surface area contributed by atoms with Crippen LogP contribution in [-0.2, 0) is 14.4 Å². The molecule has 0 aromatic heterocycles. The molecule has 134 valence electrons. The Hall–Kier alpha value is -1.59. The van der Waals surface area contributed by atoms with Gasteiger partial charge in [-0.2, -0.15) is 0 Å². The lowest BCUT2D eigenvalue weighted by Gasteiger charge is -2.14. The van der Waals surface area contributed by atoms with Gasteiger partial charge in [-0.3, -0.25) is 14.4 Å². The van der Waals surface area contributed by atoms with Gasteiger partial charge in [-0.05, 0) is 12.8 Å². The summed E-state index contributed by atoms with van der Waals surface area (Å²) in [5.74, 6) is -1.34. The molecule has 0 aliphatic rings. The summed E-state index contributed by atoms with van der Waals surface area (Å²) in [6, 6.07) is -0.812. The SMILES string of the molecule is CCCCCCCCCCCC(=O)N[C@@H](CCC(N)=O)C(N)=O. The van der Waals surface area contributed by atoms with Gasteiger partial charge in [0.05, 0.1) is 0 Å². The van der Waals surface area contributed by atoms with E-state index in [1.54, 1.807) is 0 Å². The van der Waals surface area contributed by atoms with Crippen molar-refractivity contribution in [3.8, 4) is 0 Å². The van der Waals surface area contributed by atoms with Crippen LogP contribution in [0.3, 0.4) is 0 Å². The number of amides is 3. The van der Waals surface area contributed by atoms with Gasteiger partial charge in [0.1, 0.15) is 6.04 Å². The summed E-state index contributed by atoms with van der Waals surface area (Å²) >= 11 is 0. The third kappa shape index (κ3) is 13.8. The van der Waals surface area contributed by atoms with Crippen LogP contribution in [0, 0.1) is 0 Å². The smallest absolute Gasteiger partial charge is 0.240 e. The molecular weight excluding hydrogens is 294 g/mol. The highest BCUT2D eigenvalue weighted by Gasteiger charge is 2.18. The summed E-state index contributed by atoms with van der Waals surface area (Å²) in [6.45, 7) is 2.21. The van der Waals surface area contributed by atoms with Crippen LogP contribution in [-0.4, -0.2) is 23.8 Å². The zero-order valence-corrected chi connectivity index (χ0v) is 14.4. The molecule has 0 radical (unpaired) electrons. The van der Waals surface area contributed by atoms with Gasteiger partial charge in [0.2, 0.25) is 17.7 Å². The quantitative estimate of drug-likeness (QED) is 0.400. The summed E-state index contributed by atoms with van der Waals surface area (Å²) in [5, 5.41) is 2.58. The molecule has 5 N–H and O–H groups in total. The van der Waals surface area contributed by atoms with Crippen molar-refractivity contribution in [3.63, 3.8) is 0 Å². The van der Waals surface area contributed by atoms with Gasteiger partial charge in [-0.25, -0.2) is 0 Å². The lowest BCUT2D eigenvalue weighted by molar-refractivity contribution is -0.128. The van der Waals surface area contributed by atoms with Crippen LogP contribution in [0.2, 0.25) is 0 Å². The van der Waals surface area contributed by atoms with E-state index in [0.717, 1.165) is 19.3 Å². The zero-order valence-electron chi connectivity index (χ0n) is 14.4. The van der Waals surface area contributed by atoms with Crippen LogP contribution < -0.4 is 16.8 Å². The monoisotopic (exact) mass is 327 g/mol. The minimum absolute atomic E-state index is 0.0336. The number of carbonyl (C=O) groups excluding carboxylic acids is 3. The zero-order chi connectivity index (χ0) is 17.5. The van der Waals surface area contributed by atoms with Crippen molar-refractivity contribution in [2.75, 3.05) is 0 Å². The summed E-state index contributed by atoms with van der Waals surface area (Å²) < 4.78 is 0. The molecule has 1 atom stereocenters. The molecule has 23 heavy (non-hydrogen) atoms. The molecule has 0 saturated carbocycles. The number of unbranched alkanes of at least 4 members (excludes halogenated alkanes) is 8. The first-order valence-electron chi connectivity index (χ1n) is 8.84. The number of nitrogens with two attached hydrogens (primary N) is 2. The van der Waals surface area contributed by atoms with Gasteiger partial charge < -0.3 is 16.8 Å². The lowest BCUT2D eigenvalue weighted by Crippen LogP contribution is -2.44. The molecule has 0 spiro atoms. The molecular formula is C17H33N3O3. The fraction of sp³-hybridized carbons (Fsp3) is 0.824. The second-order valence-electron chi connectivity index (χ2n) is 6.11. The van der Waals surface area contributed by atoms with Crippen LogP contribution in [0.1, 0.15) is 84.0 Å². The van der Waals surface area contributed by atoms with E-state index in [-0.39, 0.29) is 18.7 Å². The maximum atomic E-state index is 11.8. The molecule has 0 heterocycles. The Morgan fingerprint density at radius 3 is 1.83 bits per heavy atom. The molecule has 0 aliphatic heterocycles. The van der Waals surface area contributed by atoms with E-state index in [1.807, 2.05) is 0 Å². The highest BCUT2D eigenvalue weighted by Crippen LogP contribution is 2.10. The Labute approximate surface area is 139 Å². The fourth-order valence-electron chi connectivity index (χ4n) is 2.43. The van der Waals surface area contributed by atoms with Crippen molar-refractivity contribution in [2.24, 2.45) is 11.5 Å². The Morgan fingerprint density at radius 1 is 0.826 bits per heavy atom. The van der Waals surface area contributed by atoms with Crippen molar-refractivity contribution in [3.05, 3.63) is 0 Å². The number of nitrogens with one attached hydrogen (secondary N) is 1. The summed E-state index contributed by atoms with van der Waals surface area (Å²) in [7, 11) is 0. The third-order valence-corrected chi connectivity index (χ3v) is 3.87. The maximum Gasteiger partial charge on any atom is 0.240 e. The number of hydrogen-bond donors (Lipinski definition) is 3. The topological polar surface area (TPSA) is 115 Å². The molecule has 0 unspecified atom stereocenters. The largest absolute Gasteiger partial charge is 0.370 e. The van der Waals surface area contributed by atoms with E-state index in [2.05, 4.69) is 12.2 Å². The first kappa shape index (κ1) is 21.4. The van der Waals surface area contributed by atoms with Gasteiger partial charge in [0.15, 0.2) is 0 Å². The normalized spacial score (nSPS) is 11.9. The molecule has 0 saturated heterocycles. The Kier molecular flexibility index (Phi) is 13.1. The average Bonchev–Trinajstić information content (AvgIpc) is 2.49. The van der Waals surface area contributed by atoms with Gasteiger partial charge in [-0.15, -0.1) is 0 Å². The molecule has 0 aliphatic carbocycles. The number of hydrogen-bond acceptors (Lipinski definition) is 3. The number of carbonyl (C=O) groups is 3. The number of primary amides is 2. The van der Waals surface area contributed by atoms with Crippen molar-refractivity contribution >= 4 is 17.7 Å². The van der Waals surface area contributed by atoms with E-state index >= 15 is 0 Å². The van der Waals surface area contributed by atoms with Gasteiger partial charge in [0, 0.05) is 12.8 Å². The Bertz CT molecular complexity index is 359. The molecule has 6 nitrogen and oxygen atoms in total. The molecule has 0 bridgehead atoms. The van der Waals surface area contributed by atoms with Crippen LogP contribution in [0.4, 0.5) is 0 Å². The van der Waals surface area contributed by atoms with Gasteiger partial charge in [-0.1, -0.05) is 58.3 Å². The van der Waals surface area contributed by atoms with Crippen LogP contribution in [0.25, 0.3) is 0 Å². The maximum absolute atomic E-state index is 11.8. The predicted octanol–water partition coefficient (Wildman–Crippen LogP) is 2.14. The molecule has 0 aromatic carbocycles. The molecule has 3 amide bonds. The summed E-state index contributed by atoms with van der Waals surface area (Å²) in [5.41, 5.74) is 10.2. The standard InChI is InChI=1S/C17H33N3O3/c1-2-3-4-5-6-7-8-9-10-11-16(22)20-14(17(19)23)12-13-15(18)21/h14H,2-13H2,1H3,(H2,18,21)(H2,19,23)(H,20,22)/t14-/m0/s1. The van der Waals surface area contributed by atoms with Crippen molar-refractivity contribution in [1.29, 1.82) is 0 Å². The number of rotatable bonds is 15. The van der Waals surface area contributed by atoms with Gasteiger partial charge in [0.25, 0.3) is 0 Å². The molecule has 0 rings (SSSR count). The third-order valence-electron chi connectivity index (χ3n) is 3.87. The summed E-state index contributed by atoms with van der Waals surface area (Å²) in [4.78, 5) is 33.7. The first-order chi connectivity index (χ1) is 11.0. The minimum Gasteiger partial charge on any atom is -0.370 e. The van der Waals surface area contributed by atoms with E-state index < -0.39 is 17.9 Å². The van der Waals surface area contributed by atoms with Crippen molar-refractivity contribution in [1.82, 2.24) is 5.32 Å². The Morgan fingerprint density at radius 2 is 1.35 bits per heavy atom. The first-order valence-corrected chi connectivity index (χ1v) is 8.84. The van der Waals surface area contributed by atoms with E-state index in [0.29, 0.717) is 6.42 Å². The second kappa shape index (κ2) is 14.0. The minimum atomic E-state index is -0.812. The van der Waals surface area contributed by atoms with Crippen molar-refractivity contribution < 1.29 is 14.4 Å². The average molecular weight is 327 g/mol. The Balaban J connectivity index is 3.67. The van der Waals surface area contributed by atoms with Crippen LogP contribution in [0.5, 0.6) is 0 Å². The highest BCUT2D eigenvalue weighted by molar-refractivity contribution is 5.87. The van der Waals surface area contributed by atoms with Crippen molar-refractivity contribution in [2.45, 2.75) is 90.0 Å². The molecule has 0 fully saturated rings. The molecule has 0 aromatic rings. The van der Waals surface area contributed by atoms with E-state index in [1.165, 1.54) is 38.5 Å². The van der Waals surface area contributed by atoms with E-state index in [9.17, 15) is 14.4 Å². The lowest BCUT2D eigenvalue weighted by atomic mass is 10.1. The second-order valence-corrected chi connectivity index (χ2v) is 6.11. The van der Waals surface area contributed by atoms with E-state index in [4.69, 9.17) is 11.5 Å². The highest BCUT2D eigenvalue weighted by atomic mass is 16.2. The fourth-order valence-corrected chi connectivity index (χ4v) is 2.43. The van der Waals surface area contributed by atoms with Crippen LogP contribution >= 0.6 is 0 Å².